The smallest absolute Gasteiger partial charge is 0.141 e. The minimum atomic E-state index is -0.195. The zero-order chi connectivity index (χ0) is 11.4. The fourth-order valence-electron chi connectivity index (χ4n) is 2.19. The highest BCUT2D eigenvalue weighted by atomic mass is 16.3. The Labute approximate surface area is 95.7 Å². The van der Waals surface area contributed by atoms with Crippen molar-refractivity contribution in [1.29, 1.82) is 0 Å². The van der Waals surface area contributed by atoms with Crippen LogP contribution in [0.1, 0.15) is 24.4 Å². The molecule has 0 radical (unpaired) electrons. The van der Waals surface area contributed by atoms with Gasteiger partial charge >= 0.3 is 0 Å². The van der Waals surface area contributed by atoms with Gasteiger partial charge in [-0.25, -0.2) is 0 Å². The summed E-state index contributed by atoms with van der Waals surface area (Å²) in [7, 11) is 0. The first kappa shape index (κ1) is 11.3. The van der Waals surface area contributed by atoms with Gasteiger partial charge in [0.15, 0.2) is 0 Å². The Hall–Kier alpha value is -1.19. The standard InChI is InChI=1S/C13H17NO2/c15-10-13(11-4-2-1-3-5-11)14-8-6-12(16)7-9-14/h1-5,10,12-13,16H,6-9H2/t13-/m0/s1. The zero-order valence-corrected chi connectivity index (χ0v) is 9.25. The molecule has 1 atom stereocenters. The molecule has 86 valence electrons. The lowest BCUT2D eigenvalue weighted by Crippen LogP contribution is -2.39. The summed E-state index contributed by atoms with van der Waals surface area (Å²) in [6.45, 7) is 1.58. The van der Waals surface area contributed by atoms with E-state index in [1.807, 2.05) is 30.3 Å². The Kier molecular flexibility index (Phi) is 3.70. The molecule has 0 aliphatic carbocycles. The van der Waals surface area contributed by atoms with Crippen molar-refractivity contribution in [3.8, 4) is 0 Å². The SMILES string of the molecule is O=C[C@@H](c1ccccc1)N1CCC(O)CC1. The maximum Gasteiger partial charge on any atom is 0.141 e. The summed E-state index contributed by atoms with van der Waals surface area (Å²) >= 11 is 0. The van der Waals surface area contributed by atoms with Crippen molar-refractivity contribution in [1.82, 2.24) is 4.90 Å². The Morgan fingerprint density at radius 2 is 1.88 bits per heavy atom. The largest absolute Gasteiger partial charge is 0.393 e. The number of aliphatic hydroxyl groups is 1. The Morgan fingerprint density at radius 3 is 2.44 bits per heavy atom. The van der Waals surface area contributed by atoms with E-state index >= 15 is 0 Å². The van der Waals surface area contributed by atoms with Crippen molar-refractivity contribution in [2.45, 2.75) is 25.0 Å². The van der Waals surface area contributed by atoms with Gasteiger partial charge in [-0.2, -0.15) is 0 Å². The molecule has 1 fully saturated rings. The minimum absolute atomic E-state index is 0.159. The van der Waals surface area contributed by atoms with E-state index in [2.05, 4.69) is 4.90 Å². The van der Waals surface area contributed by atoms with E-state index < -0.39 is 0 Å². The Balaban J connectivity index is 2.08. The van der Waals surface area contributed by atoms with E-state index in [-0.39, 0.29) is 12.1 Å². The predicted octanol–water partition coefficient (Wildman–Crippen LogP) is 1.38. The molecule has 0 saturated carbocycles. The average Bonchev–Trinajstić information content (AvgIpc) is 2.34. The molecule has 1 N–H and O–H groups in total. The van der Waals surface area contributed by atoms with Crippen LogP contribution >= 0.6 is 0 Å². The number of hydrogen-bond donors (Lipinski definition) is 1. The molecule has 0 aromatic heterocycles. The number of hydrogen-bond acceptors (Lipinski definition) is 3. The maximum absolute atomic E-state index is 11.2. The van der Waals surface area contributed by atoms with Crippen molar-refractivity contribution in [3.63, 3.8) is 0 Å². The summed E-state index contributed by atoms with van der Waals surface area (Å²) in [5.41, 5.74) is 1.04. The molecule has 1 saturated heterocycles. The average molecular weight is 219 g/mol. The summed E-state index contributed by atoms with van der Waals surface area (Å²) < 4.78 is 0. The number of likely N-dealkylation sites (tertiary alicyclic amines) is 1. The van der Waals surface area contributed by atoms with Crippen molar-refractivity contribution >= 4 is 6.29 Å². The Morgan fingerprint density at radius 1 is 1.25 bits per heavy atom. The first-order valence-corrected chi connectivity index (χ1v) is 5.73. The summed E-state index contributed by atoms with van der Waals surface area (Å²) in [6, 6.07) is 9.64. The van der Waals surface area contributed by atoms with Gasteiger partial charge in [0.25, 0.3) is 0 Å². The van der Waals surface area contributed by atoms with Crippen LogP contribution in [0.3, 0.4) is 0 Å². The van der Waals surface area contributed by atoms with E-state index in [9.17, 15) is 9.90 Å². The van der Waals surface area contributed by atoms with E-state index in [4.69, 9.17) is 0 Å². The number of aldehydes is 1. The van der Waals surface area contributed by atoms with Crippen molar-refractivity contribution in [2.75, 3.05) is 13.1 Å². The molecule has 16 heavy (non-hydrogen) atoms. The molecule has 1 aromatic rings. The third-order valence-corrected chi connectivity index (χ3v) is 3.16. The molecular formula is C13H17NO2. The number of piperidine rings is 1. The number of benzene rings is 1. The lowest BCUT2D eigenvalue weighted by Gasteiger charge is -2.33. The number of carbonyl (C=O) groups excluding carboxylic acids is 1. The van der Waals surface area contributed by atoms with E-state index in [1.165, 1.54) is 0 Å². The van der Waals surface area contributed by atoms with Crippen LogP contribution in [0.15, 0.2) is 30.3 Å². The van der Waals surface area contributed by atoms with Crippen LogP contribution in [0.2, 0.25) is 0 Å². The molecule has 2 rings (SSSR count). The minimum Gasteiger partial charge on any atom is -0.393 e. The summed E-state index contributed by atoms with van der Waals surface area (Å²) in [4.78, 5) is 13.3. The van der Waals surface area contributed by atoms with Gasteiger partial charge in [-0.15, -0.1) is 0 Å². The molecule has 0 spiro atoms. The van der Waals surface area contributed by atoms with Crippen LogP contribution in [0.5, 0.6) is 0 Å². The summed E-state index contributed by atoms with van der Waals surface area (Å²) in [5, 5.41) is 9.44. The van der Waals surface area contributed by atoms with E-state index in [1.54, 1.807) is 0 Å². The van der Waals surface area contributed by atoms with Crippen LogP contribution in [0.4, 0.5) is 0 Å². The number of carbonyl (C=O) groups is 1. The molecular weight excluding hydrogens is 202 g/mol. The third kappa shape index (κ3) is 2.49. The van der Waals surface area contributed by atoms with Gasteiger partial charge in [0, 0.05) is 13.1 Å². The molecule has 1 aromatic carbocycles. The second kappa shape index (κ2) is 5.23. The molecule has 0 unspecified atom stereocenters. The fraction of sp³-hybridized carbons (Fsp3) is 0.462. The predicted molar refractivity (Wildman–Crippen MR) is 62.1 cm³/mol. The fourth-order valence-corrected chi connectivity index (χ4v) is 2.19. The van der Waals surface area contributed by atoms with Gasteiger partial charge < -0.3 is 9.90 Å². The van der Waals surface area contributed by atoms with Crippen molar-refractivity contribution in [2.24, 2.45) is 0 Å². The highest BCUT2D eigenvalue weighted by Gasteiger charge is 2.24. The van der Waals surface area contributed by atoms with Gasteiger partial charge in [-0.3, -0.25) is 4.90 Å². The summed E-state index contributed by atoms with van der Waals surface area (Å²) in [6.07, 6.45) is 2.32. The first-order valence-electron chi connectivity index (χ1n) is 5.73. The maximum atomic E-state index is 11.2. The van der Waals surface area contributed by atoms with Crippen LogP contribution in [-0.4, -0.2) is 35.5 Å². The highest BCUT2D eigenvalue weighted by Crippen LogP contribution is 2.22. The monoisotopic (exact) mass is 219 g/mol. The number of nitrogens with zero attached hydrogens (tertiary/aromatic N) is 1. The second-order valence-electron chi connectivity index (χ2n) is 4.26. The van der Waals surface area contributed by atoms with Crippen LogP contribution in [0, 0.1) is 0 Å². The third-order valence-electron chi connectivity index (χ3n) is 3.16. The lowest BCUT2D eigenvalue weighted by atomic mass is 10.0. The van der Waals surface area contributed by atoms with Gasteiger partial charge in [-0.05, 0) is 18.4 Å². The quantitative estimate of drug-likeness (QED) is 0.781. The molecule has 0 amide bonds. The number of rotatable bonds is 3. The first-order chi connectivity index (χ1) is 7.81. The van der Waals surface area contributed by atoms with E-state index in [0.29, 0.717) is 0 Å². The number of aliphatic hydroxyl groups excluding tert-OH is 1. The van der Waals surface area contributed by atoms with Gasteiger partial charge in [-0.1, -0.05) is 30.3 Å². The molecule has 3 heteroatoms. The van der Waals surface area contributed by atoms with Gasteiger partial charge in [0.1, 0.15) is 6.29 Å². The summed E-state index contributed by atoms with van der Waals surface area (Å²) in [5.74, 6) is 0. The van der Waals surface area contributed by atoms with Crippen LogP contribution < -0.4 is 0 Å². The van der Waals surface area contributed by atoms with Crippen LogP contribution in [0.25, 0.3) is 0 Å². The van der Waals surface area contributed by atoms with Gasteiger partial charge in [0.05, 0.1) is 12.1 Å². The molecule has 3 nitrogen and oxygen atoms in total. The Bertz CT molecular complexity index is 331. The second-order valence-corrected chi connectivity index (χ2v) is 4.26. The topological polar surface area (TPSA) is 40.5 Å². The van der Waals surface area contributed by atoms with Crippen molar-refractivity contribution in [3.05, 3.63) is 35.9 Å². The normalized spacial score (nSPS) is 20.6. The molecule has 1 heterocycles. The zero-order valence-electron chi connectivity index (χ0n) is 9.25. The van der Waals surface area contributed by atoms with Crippen LogP contribution in [-0.2, 0) is 4.79 Å². The molecule has 1 aliphatic rings. The van der Waals surface area contributed by atoms with E-state index in [0.717, 1.165) is 37.8 Å². The van der Waals surface area contributed by atoms with Crippen molar-refractivity contribution < 1.29 is 9.90 Å². The molecule has 1 aliphatic heterocycles. The van der Waals surface area contributed by atoms with Gasteiger partial charge in [0.2, 0.25) is 0 Å². The highest BCUT2D eigenvalue weighted by molar-refractivity contribution is 5.61. The lowest BCUT2D eigenvalue weighted by molar-refractivity contribution is -0.113. The molecule has 0 bridgehead atoms.